The van der Waals surface area contributed by atoms with Crippen molar-refractivity contribution in [2.45, 2.75) is 31.2 Å². The van der Waals surface area contributed by atoms with Gasteiger partial charge in [-0.25, -0.2) is 13.1 Å². The maximum absolute atomic E-state index is 12.5. The highest BCUT2D eigenvalue weighted by Crippen LogP contribution is 2.25. The van der Waals surface area contributed by atoms with Crippen LogP contribution < -0.4 is 10.0 Å². The van der Waals surface area contributed by atoms with Gasteiger partial charge in [-0.05, 0) is 45.0 Å². The number of anilines is 1. The molecule has 0 fully saturated rings. The van der Waals surface area contributed by atoms with Gasteiger partial charge in [0.1, 0.15) is 4.90 Å². The summed E-state index contributed by atoms with van der Waals surface area (Å²) in [5, 5.41) is 13.3. The Kier molecular flexibility index (Phi) is 5.88. The van der Waals surface area contributed by atoms with E-state index in [-0.39, 0.29) is 26.9 Å². The first kappa shape index (κ1) is 20.8. The first-order chi connectivity index (χ1) is 12.4. The minimum absolute atomic E-state index is 0.0290. The Labute approximate surface area is 161 Å². The third-order valence-electron chi connectivity index (χ3n) is 3.24. The van der Waals surface area contributed by atoms with Crippen LogP contribution in [0.3, 0.4) is 0 Å². The summed E-state index contributed by atoms with van der Waals surface area (Å²) in [5.41, 5.74) is -0.660. The van der Waals surface area contributed by atoms with E-state index in [1.54, 1.807) is 20.8 Å². The average molecular weight is 412 g/mol. The molecule has 10 heteroatoms. The average Bonchev–Trinajstić information content (AvgIpc) is 2.53. The number of halogens is 1. The van der Waals surface area contributed by atoms with Crippen LogP contribution in [0.2, 0.25) is 5.02 Å². The summed E-state index contributed by atoms with van der Waals surface area (Å²) in [7, 11) is -3.95. The number of nitrogens with one attached hydrogen (secondary N) is 2. The molecule has 0 radical (unpaired) electrons. The van der Waals surface area contributed by atoms with Crippen molar-refractivity contribution in [2.75, 3.05) is 5.32 Å². The van der Waals surface area contributed by atoms with Crippen LogP contribution in [0.25, 0.3) is 0 Å². The van der Waals surface area contributed by atoms with E-state index in [0.717, 1.165) is 6.07 Å². The molecule has 0 saturated heterocycles. The molecule has 0 saturated carbocycles. The molecule has 0 aromatic heterocycles. The molecule has 2 N–H and O–H groups in total. The third kappa shape index (κ3) is 5.49. The normalized spacial score (nSPS) is 11.9. The Bertz CT molecular complexity index is 1000. The second kappa shape index (κ2) is 7.63. The Hall–Kier alpha value is -2.49. The zero-order valence-electron chi connectivity index (χ0n) is 14.8. The summed E-state index contributed by atoms with van der Waals surface area (Å²) in [6, 6.07) is 9.24. The number of nitro groups is 1. The standard InChI is InChI=1S/C17H18ClN3O5S/c1-17(2,3)20-27(25,26)15-9-11(7-8-14(15)18)16(22)19-12-5-4-6-13(10-12)21(23)24/h4-10,20H,1-3H3,(H,19,22). The summed E-state index contributed by atoms with van der Waals surface area (Å²) in [4.78, 5) is 22.4. The molecule has 0 bridgehead atoms. The van der Waals surface area contributed by atoms with Crippen molar-refractivity contribution in [3.63, 3.8) is 0 Å². The molecule has 27 heavy (non-hydrogen) atoms. The van der Waals surface area contributed by atoms with Crippen molar-refractivity contribution in [2.24, 2.45) is 0 Å². The zero-order chi connectivity index (χ0) is 20.4. The molecule has 0 atom stereocenters. The number of carbonyl (C=O) groups is 1. The molecule has 1 amide bonds. The number of benzene rings is 2. The first-order valence-electron chi connectivity index (χ1n) is 7.78. The van der Waals surface area contributed by atoms with E-state index < -0.39 is 26.4 Å². The van der Waals surface area contributed by atoms with Crippen molar-refractivity contribution in [1.29, 1.82) is 0 Å². The highest BCUT2D eigenvalue weighted by molar-refractivity contribution is 7.89. The van der Waals surface area contributed by atoms with Gasteiger partial charge in [0, 0.05) is 28.9 Å². The van der Waals surface area contributed by atoms with Gasteiger partial charge in [-0.2, -0.15) is 0 Å². The topological polar surface area (TPSA) is 118 Å². The fourth-order valence-corrected chi connectivity index (χ4v) is 4.15. The van der Waals surface area contributed by atoms with Gasteiger partial charge in [-0.3, -0.25) is 14.9 Å². The number of non-ortho nitro benzene ring substituents is 1. The highest BCUT2D eigenvalue weighted by Gasteiger charge is 2.25. The quantitative estimate of drug-likeness (QED) is 0.575. The number of rotatable bonds is 5. The van der Waals surface area contributed by atoms with Crippen LogP contribution in [0.5, 0.6) is 0 Å². The van der Waals surface area contributed by atoms with Gasteiger partial charge in [-0.15, -0.1) is 0 Å². The van der Waals surface area contributed by atoms with Crippen LogP contribution in [0.4, 0.5) is 11.4 Å². The molecular weight excluding hydrogens is 394 g/mol. The number of carbonyl (C=O) groups excluding carboxylic acids is 1. The van der Waals surface area contributed by atoms with Gasteiger partial charge in [0.25, 0.3) is 11.6 Å². The lowest BCUT2D eigenvalue weighted by Crippen LogP contribution is -2.40. The molecule has 0 spiro atoms. The van der Waals surface area contributed by atoms with Crippen molar-refractivity contribution in [3.05, 3.63) is 63.2 Å². The highest BCUT2D eigenvalue weighted by atomic mass is 35.5. The maximum Gasteiger partial charge on any atom is 0.271 e. The molecule has 0 aliphatic carbocycles. The second-order valence-corrected chi connectivity index (χ2v) is 8.82. The minimum Gasteiger partial charge on any atom is -0.322 e. The fourth-order valence-electron chi connectivity index (χ4n) is 2.21. The second-order valence-electron chi connectivity index (χ2n) is 6.76. The van der Waals surface area contributed by atoms with Crippen LogP contribution in [0, 0.1) is 10.1 Å². The number of hydrogen-bond donors (Lipinski definition) is 2. The molecular formula is C17H18ClN3O5S. The van der Waals surface area contributed by atoms with Gasteiger partial charge < -0.3 is 5.32 Å². The zero-order valence-corrected chi connectivity index (χ0v) is 16.4. The van der Waals surface area contributed by atoms with Crippen molar-refractivity contribution >= 4 is 38.9 Å². The van der Waals surface area contributed by atoms with Gasteiger partial charge in [0.05, 0.1) is 9.95 Å². The summed E-state index contributed by atoms with van der Waals surface area (Å²) < 4.78 is 27.5. The number of amides is 1. The van der Waals surface area contributed by atoms with Crippen LogP contribution >= 0.6 is 11.6 Å². The minimum atomic E-state index is -3.95. The van der Waals surface area contributed by atoms with Crippen LogP contribution in [-0.4, -0.2) is 24.8 Å². The molecule has 0 aliphatic rings. The van der Waals surface area contributed by atoms with Crippen LogP contribution in [-0.2, 0) is 10.0 Å². The lowest BCUT2D eigenvalue weighted by Gasteiger charge is -2.21. The van der Waals surface area contributed by atoms with E-state index in [2.05, 4.69) is 10.0 Å². The molecule has 0 heterocycles. The lowest BCUT2D eigenvalue weighted by atomic mass is 10.1. The summed E-state index contributed by atoms with van der Waals surface area (Å²) in [5.74, 6) is -0.626. The van der Waals surface area contributed by atoms with Crippen LogP contribution in [0.1, 0.15) is 31.1 Å². The Morgan fingerprint density at radius 1 is 1.15 bits per heavy atom. The molecule has 2 aromatic rings. The van der Waals surface area contributed by atoms with E-state index >= 15 is 0 Å². The summed E-state index contributed by atoms with van der Waals surface area (Å²) in [6.07, 6.45) is 0. The summed E-state index contributed by atoms with van der Waals surface area (Å²) >= 11 is 6.00. The maximum atomic E-state index is 12.5. The smallest absolute Gasteiger partial charge is 0.271 e. The first-order valence-corrected chi connectivity index (χ1v) is 9.64. The molecule has 0 unspecified atom stereocenters. The van der Waals surface area contributed by atoms with Gasteiger partial charge in [0.2, 0.25) is 10.0 Å². The molecule has 144 valence electrons. The Morgan fingerprint density at radius 3 is 2.41 bits per heavy atom. The van der Waals surface area contributed by atoms with E-state index in [1.165, 1.54) is 36.4 Å². The summed E-state index contributed by atoms with van der Waals surface area (Å²) in [6.45, 7) is 5.03. The largest absolute Gasteiger partial charge is 0.322 e. The van der Waals surface area contributed by atoms with E-state index in [9.17, 15) is 23.3 Å². The third-order valence-corrected chi connectivity index (χ3v) is 5.48. The number of nitrogens with zero attached hydrogens (tertiary/aromatic N) is 1. The number of nitro benzene ring substituents is 1. The fraction of sp³-hybridized carbons (Fsp3) is 0.235. The number of hydrogen-bond acceptors (Lipinski definition) is 5. The van der Waals surface area contributed by atoms with Crippen molar-refractivity contribution in [3.8, 4) is 0 Å². The molecule has 0 aliphatic heterocycles. The Morgan fingerprint density at radius 2 is 1.81 bits per heavy atom. The van der Waals surface area contributed by atoms with E-state index in [4.69, 9.17) is 11.6 Å². The molecule has 2 rings (SSSR count). The van der Waals surface area contributed by atoms with Gasteiger partial charge >= 0.3 is 0 Å². The van der Waals surface area contributed by atoms with Gasteiger partial charge in [-0.1, -0.05) is 17.7 Å². The SMILES string of the molecule is CC(C)(C)NS(=O)(=O)c1cc(C(=O)Nc2cccc([N+](=O)[O-])c2)ccc1Cl. The lowest BCUT2D eigenvalue weighted by molar-refractivity contribution is -0.384. The van der Waals surface area contributed by atoms with Crippen molar-refractivity contribution < 1.29 is 18.1 Å². The van der Waals surface area contributed by atoms with Gasteiger partial charge in [0.15, 0.2) is 0 Å². The predicted octanol–water partition coefficient (Wildman–Crippen LogP) is 3.58. The van der Waals surface area contributed by atoms with Crippen LogP contribution in [0.15, 0.2) is 47.4 Å². The monoisotopic (exact) mass is 411 g/mol. The van der Waals surface area contributed by atoms with Crippen molar-refractivity contribution in [1.82, 2.24) is 4.72 Å². The molecule has 2 aromatic carbocycles. The number of sulfonamides is 1. The molecule has 8 nitrogen and oxygen atoms in total. The Balaban J connectivity index is 2.33. The predicted molar refractivity (Wildman–Crippen MR) is 103 cm³/mol. The van der Waals surface area contributed by atoms with E-state index in [0.29, 0.717) is 0 Å². The van der Waals surface area contributed by atoms with E-state index in [1.807, 2.05) is 0 Å².